The third kappa shape index (κ3) is 7.29. The van der Waals surface area contributed by atoms with Gasteiger partial charge in [0.05, 0.1) is 17.3 Å². The van der Waals surface area contributed by atoms with Gasteiger partial charge in [-0.1, -0.05) is 11.6 Å². The van der Waals surface area contributed by atoms with Crippen molar-refractivity contribution in [3.63, 3.8) is 0 Å². The molecule has 1 unspecified atom stereocenters. The highest BCUT2D eigenvalue weighted by Gasteiger charge is 2.35. The third-order valence-corrected chi connectivity index (χ3v) is 6.59. The Bertz CT molecular complexity index is 1540. The first-order valence-electron chi connectivity index (χ1n) is 12.2. The van der Waals surface area contributed by atoms with Gasteiger partial charge in [0.1, 0.15) is 23.8 Å². The lowest BCUT2D eigenvalue weighted by molar-refractivity contribution is -0.141. The van der Waals surface area contributed by atoms with Crippen LogP contribution in [-0.2, 0) is 17.7 Å². The van der Waals surface area contributed by atoms with Gasteiger partial charge in [-0.3, -0.25) is 15.1 Å². The fourth-order valence-corrected chi connectivity index (χ4v) is 4.61. The molecule has 14 heteroatoms. The number of methoxy groups -OCH3 is 1. The number of urea groups is 1. The monoisotopic (exact) mass is 597 g/mol. The molecule has 0 spiro atoms. The van der Waals surface area contributed by atoms with Crippen LogP contribution in [0.15, 0.2) is 52.3 Å². The van der Waals surface area contributed by atoms with Gasteiger partial charge < -0.3 is 19.9 Å². The number of alkyl halides is 3. The van der Waals surface area contributed by atoms with E-state index < -0.39 is 47.3 Å². The van der Waals surface area contributed by atoms with Gasteiger partial charge in [0.15, 0.2) is 0 Å². The molecule has 0 fully saturated rings. The quantitative estimate of drug-likeness (QED) is 0.233. The lowest BCUT2D eigenvalue weighted by Crippen LogP contribution is -2.48. The molecule has 0 radical (unpaired) electrons. The standard InChI is InChI=1S/C27H25ClF5N5O3/c1-26(34-7-8-41-2)12-23-15(13-35-26)9-19(24(39)38(23)14-27(31,32)33)18-10-22(21(30)11-20(18)28)37-25(40)36-17-5-3-16(29)4-6-17/h3-6,9-11,13,34H,7-8,12,14H2,1-2H3,(H2,36,37,40). The summed E-state index contributed by atoms with van der Waals surface area (Å²) in [7, 11) is 1.51. The molecule has 218 valence electrons. The van der Waals surface area contributed by atoms with E-state index in [2.05, 4.69) is 20.9 Å². The molecule has 2 amide bonds. The first kappa shape index (κ1) is 30.2. The number of halogens is 6. The average Bonchev–Trinajstić information content (AvgIpc) is 2.88. The third-order valence-electron chi connectivity index (χ3n) is 6.28. The number of rotatable bonds is 8. The minimum Gasteiger partial charge on any atom is -0.383 e. The Kier molecular flexibility index (Phi) is 8.80. The Morgan fingerprint density at radius 1 is 1.12 bits per heavy atom. The molecule has 0 saturated heterocycles. The fraction of sp³-hybridized carbons (Fsp3) is 0.296. The van der Waals surface area contributed by atoms with E-state index in [1.54, 1.807) is 6.92 Å². The summed E-state index contributed by atoms with van der Waals surface area (Å²) in [5.74, 6) is -1.48. The van der Waals surface area contributed by atoms with Gasteiger partial charge in [-0.05, 0) is 49.4 Å². The largest absolute Gasteiger partial charge is 0.406 e. The Balaban J connectivity index is 1.74. The number of nitrogens with one attached hydrogen (secondary N) is 3. The topological polar surface area (TPSA) is 96.8 Å². The minimum absolute atomic E-state index is 0.0261. The zero-order chi connectivity index (χ0) is 29.9. The molecule has 8 nitrogen and oxygen atoms in total. The van der Waals surface area contributed by atoms with Crippen molar-refractivity contribution in [1.82, 2.24) is 9.88 Å². The van der Waals surface area contributed by atoms with Crippen LogP contribution in [0.1, 0.15) is 18.2 Å². The molecule has 2 aromatic carbocycles. The maximum atomic E-state index is 14.7. The number of fused-ring (bicyclic) bond motifs is 1. The van der Waals surface area contributed by atoms with Crippen molar-refractivity contribution in [2.45, 2.75) is 31.7 Å². The van der Waals surface area contributed by atoms with Crippen molar-refractivity contribution in [3.8, 4) is 11.1 Å². The van der Waals surface area contributed by atoms with Gasteiger partial charge in [-0.2, -0.15) is 13.2 Å². The zero-order valence-corrected chi connectivity index (χ0v) is 22.6. The highest BCUT2D eigenvalue weighted by molar-refractivity contribution is 6.33. The molecule has 1 aliphatic heterocycles. The van der Waals surface area contributed by atoms with Gasteiger partial charge in [0, 0.05) is 54.4 Å². The predicted molar refractivity (Wildman–Crippen MR) is 146 cm³/mol. The molecule has 1 atom stereocenters. The van der Waals surface area contributed by atoms with E-state index >= 15 is 0 Å². The summed E-state index contributed by atoms with van der Waals surface area (Å²) in [6, 6.07) is 7.13. The van der Waals surface area contributed by atoms with Crippen LogP contribution in [0, 0.1) is 11.6 Å². The smallest absolute Gasteiger partial charge is 0.383 e. The number of carbonyl (C=O) groups excluding carboxylic acids is 1. The molecule has 1 aromatic heterocycles. The summed E-state index contributed by atoms with van der Waals surface area (Å²) in [5.41, 5.74) is -2.18. The van der Waals surface area contributed by atoms with Crippen LogP contribution >= 0.6 is 11.6 Å². The van der Waals surface area contributed by atoms with Gasteiger partial charge in [0.2, 0.25) is 0 Å². The molecular formula is C27H25ClF5N5O3. The van der Waals surface area contributed by atoms with Gasteiger partial charge >= 0.3 is 12.2 Å². The van der Waals surface area contributed by atoms with Crippen LogP contribution in [0.2, 0.25) is 5.02 Å². The predicted octanol–water partition coefficient (Wildman–Crippen LogP) is 5.58. The summed E-state index contributed by atoms with van der Waals surface area (Å²) >= 11 is 6.24. The average molecular weight is 598 g/mol. The summed E-state index contributed by atoms with van der Waals surface area (Å²) in [4.78, 5) is 30.4. The van der Waals surface area contributed by atoms with E-state index in [0.29, 0.717) is 17.7 Å². The Labute approximate surface area is 236 Å². The van der Waals surface area contributed by atoms with Crippen LogP contribution in [0.25, 0.3) is 11.1 Å². The Morgan fingerprint density at radius 3 is 2.49 bits per heavy atom. The first-order chi connectivity index (χ1) is 19.3. The van der Waals surface area contributed by atoms with Crippen LogP contribution in [0.5, 0.6) is 0 Å². The number of hydrogen-bond donors (Lipinski definition) is 3. The Hall–Kier alpha value is -3.81. The number of ether oxygens (including phenoxy) is 1. The summed E-state index contributed by atoms with van der Waals surface area (Å²) in [6.45, 7) is 0.822. The van der Waals surface area contributed by atoms with Crippen molar-refractivity contribution < 1.29 is 31.5 Å². The van der Waals surface area contributed by atoms with Crippen molar-refractivity contribution in [2.24, 2.45) is 4.99 Å². The highest BCUT2D eigenvalue weighted by atomic mass is 35.5. The van der Waals surface area contributed by atoms with Crippen LogP contribution in [0.4, 0.5) is 38.1 Å². The lowest BCUT2D eigenvalue weighted by Gasteiger charge is -2.32. The number of amides is 2. The minimum atomic E-state index is -4.73. The maximum absolute atomic E-state index is 14.7. The molecule has 2 heterocycles. The summed E-state index contributed by atoms with van der Waals surface area (Å²) in [5, 5.41) is 7.51. The van der Waals surface area contributed by atoms with Crippen LogP contribution in [0.3, 0.4) is 0 Å². The number of pyridine rings is 1. The lowest BCUT2D eigenvalue weighted by atomic mass is 9.95. The number of nitrogens with zero attached hydrogens (tertiary/aromatic N) is 2. The first-order valence-corrected chi connectivity index (χ1v) is 12.6. The van der Waals surface area contributed by atoms with Gasteiger partial charge in [0.25, 0.3) is 5.56 Å². The summed E-state index contributed by atoms with van der Waals surface area (Å²) < 4.78 is 74.4. The number of aliphatic imine (C=N–C) groups is 1. The molecule has 1 aliphatic rings. The van der Waals surface area contributed by atoms with Crippen molar-refractivity contribution in [3.05, 3.63) is 80.7 Å². The molecule has 0 bridgehead atoms. The number of hydrogen-bond acceptors (Lipinski definition) is 5. The fourth-order valence-electron chi connectivity index (χ4n) is 4.36. The molecule has 0 saturated carbocycles. The summed E-state index contributed by atoms with van der Waals surface area (Å²) in [6.07, 6.45) is -3.40. The number of benzene rings is 2. The van der Waals surface area contributed by atoms with Crippen molar-refractivity contribution in [2.75, 3.05) is 30.9 Å². The van der Waals surface area contributed by atoms with Crippen LogP contribution < -0.4 is 21.5 Å². The molecule has 3 aromatic rings. The molecule has 4 rings (SSSR count). The van der Waals surface area contributed by atoms with Gasteiger partial charge in [-0.25, -0.2) is 13.6 Å². The Morgan fingerprint density at radius 2 is 1.83 bits per heavy atom. The second kappa shape index (κ2) is 12.0. The normalized spacial score (nSPS) is 16.4. The number of aromatic nitrogens is 1. The van der Waals surface area contributed by atoms with E-state index in [1.807, 2.05) is 0 Å². The van der Waals surface area contributed by atoms with E-state index in [4.69, 9.17) is 16.3 Å². The number of carbonyl (C=O) groups is 1. The van der Waals surface area contributed by atoms with Gasteiger partial charge in [-0.15, -0.1) is 0 Å². The molecule has 0 aliphatic carbocycles. The van der Waals surface area contributed by atoms with E-state index in [1.165, 1.54) is 31.5 Å². The zero-order valence-electron chi connectivity index (χ0n) is 21.8. The SMILES string of the molecule is COCCNC1(C)Cc2c(cc(-c3cc(NC(=O)Nc4ccc(F)cc4)c(F)cc3Cl)c(=O)n2CC(F)(F)F)C=N1. The van der Waals surface area contributed by atoms with Crippen LogP contribution in [-0.4, -0.2) is 48.9 Å². The van der Waals surface area contributed by atoms with E-state index in [-0.39, 0.29) is 39.5 Å². The van der Waals surface area contributed by atoms with E-state index in [0.717, 1.165) is 24.3 Å². The number of anilines is 2. The molecule has 3 N–H and O–H groups in total. The molecular weight excluding hydrogens is 573 g/mol. The van der Waals surface area contributed by atoms with Crippen molar-refractivity contribution in [1.29, 1.82) is 0 Å². The second-order valence-corrected chi connectivity index (χ2v) is 9.90. The maximum Gasteiger partial charge on any atom is 0.406 e. The van der Waals surface area contributed by atoms with E-state index in [9.17, 15) is 31.5 Å². The van der Waals surface area contributed by atoms with Crippen molar-refractivity contribution >= 4 is 35.2 Å². The molecule has 41 heavy (non-hydrogen) atoms. The highest BCUT2D eigenvalue weighted by Crippen LogP contribution is 2.34. The second-order valence-electron chi connectivity index (χ2n) is 9.49.